The summed E-state index contributed by atoms with van der Waals surface area (Å²) in [4.78, 5) is 16.1. The summed E-state index contributed by atoms with van der Waals surface area (Å²) in [5, 5.41) is 0. The van der Waals surface area contributed by atoms with Crippen LogP contribution in [0, 0.1) is 6.92 Å². The topological polar surface area (TPSA) is 29.5 Å². The Kier molecular flexibility index (Phi) is 4.70. The van der Waals surface area contributed by atoms with Crippen molar-refractivity contribution in [3.63, 3.8) is 0 Å². The highest BCUT2D eigenvalue weighted by atomic mass is 32.2. The highest BCUT2D eigenvalue weighted by Gasteiger charge is 2.43. The summed E-state index contributed by atoms with van der Waals surface area (Å²) in [7, 11) is 1.67. The number of ether oxygens (including phenoxy) is 1. The zero-order valence-corrected chi connectivity index (χ0v) is 15.4. The summed E-state index contributed by atoms with van der Waals surface area (Å²) < 4.78 is 5.53. The number of aryl methyl sites for hydroxylation is 1. The van der Waals surface area contributed by atoms with E-state index in [-0.39, 0.29) is 16.9 Å². The maximum atomic E-state index is 13.1. The summed E-state index contributed by atoms with van der Waals surface area (Å²) in [6, 6.07) is 16.2. The monoisotopic (exact) mass is 341 g/mol. The molecule has 2 aromatic carbocycles. The lowest BCUT2D eigenvalue weighted by Gasteiger charge is -2.45. The van der Waals surface area contributed by atoms with Crippen molar-refractivity contribution in [2.45, 2.75) is 43.1 Å². The fourth-order valence-corrected chi connectivity index (χ4v) is 4.54. The predicted octanol–water partition coefficient (Wildman–Crippen LogP) is 4.43. The predicted molar refractivity (Wildman–Crippen MR) is 99.5 cm³/mol. The van der Waals surface area contributed by atoms with Crippen molar-refractivity contribution in [1.82, 2.24) is 0 Å². The van der Waals surface area contributed by atoms with Crippen LogP contribution in [-0.4, -0.2) is 24.0 Å². The van der Waals surface area contributed by atoms with E-state index in [9.17, 15) is 4.79 Å². The lowest BCUT2D eigenvalue weighted by molar-refractivity contribution is -0.121. The van der Waals surface area contributed by atoms with Gasteiger partial charge in [0.05, 0.1) is 16.9 Å². The van der Waals surface area contributed by atoms with E-state index >= 15 is 0 Å². The molecule has 0 radical (unpaired) electrons. The Bertz CT molecular complexity index is 757. The van der Waals surface area contributed by atoms with Gasteiger partial charge in [-0.3, -0.25) is 9.69 Å². The standard InChI is InChI=1S/C20H23NO2S/c1-14-8-7-9-15(12-14)13-18(22)21-16-10-5-6-11-17(16)24-20(2,3)19(21)23-4/h5-12,19H,13H2,1-4H3. The van der Waals surface area contributed by atoms with Crippen LogP contribution in [0.15, 0.2) is 53.4 Å². The fraction of sp³-hybridized carbons (Fsp3) is 0.350. The van der Waals surface area contributed by atoms with Crippen molar-refractivity contribution in [1.29, 1.82) is 0 Å². The van der Waals surface area contributed by atoms with Crippen molar-refractivity contribution in [3.05, 3.63) is 59.7 Å². The Balaban J connectivity index is 1.98. The van der Waals surface area contributed by atoms with Crippen LogP contribution in [0.3, 0.4) is 0 Å². The Morgan fingerprint density at radius 3 is 2.67 bits per heavy atom. The van der Waals surface area contributed by atoms with E-state index in [1.807, 2.05) is 48.2 Å². The van der Waals surface area contributed by atoms with Gasteiger partial charge in [-0.25, -0.2) is 0 Å². The lowest BCUT2D eigenvalue weighted by atomic mass is 10.1. The number of nitrogens with zero attached hydrogens (tertiary/aromatic N) is 1. The van der Waals surface area contributed by atoms with E-state index in [0.29, 0.717) is 6.42 Å². The molecule has 0 fully saturated rings. The molecule has 1 aliphatic heterocycles. The van der Waals surface area contributed by atoms with Gasteiger partial charge in [-0.05, 0) is 38.5 Å². The van der Waals surface area contributed by atoms with E-state index in [1.54, 1.807) is 18.9 Å². The van der Waals surface area contributed by atoms with E-state index in [0.717, 1.165) is 16.1 Å². The molecule has 3 rings (SSSR count). The zero-order valence-electron chi connectivity index (χ0n) is 14.6. The van der Waals surface area contributed by atoms with Gasteiger partial charge < -0.3 is 4.74 Å². The van der Waals surface area contributed by atoms with Crippen LogP contribution in [0.2, 0.25) is 0 Å². The van der Waals surface area contributed by atoms with Crippen LogP contribution in [-0.2, 0) is 16.0 Å². The highest BCUT2D eigenvalue weighted by molar-refractivity contribution is 8.01. The van der Waals surface area contributed by atoms with E-state index in [4.69, 9.17) is 4.74 Å². The largest absolute Gasteiger partial charge is 0.360 e. The number of hydrogen-bond acceptors (Lipinski definition) is 3. The Morgan fingerprint density at radius 1 is 1.21 bits per heavy atom. The number of rotatable bonds is 3. The molecule has 0 bridgehead atoms. The molecule has 0 spiro atoms. The summed E-state index contributed by atoms with van der Waals surface area (Å²) in [6.45, 7) is 6.28. The van der Waals surface area contributed by atoms with Crippen LogP contribution in [0.25, 0.3) is 0 Å². The molecule has 0 aromatic heterocycles. The number of thioether (sulfide) groups is 1. The van der Waals surface area contributed by atoms with Crippen LogP contribution in [0.1, 0.15) is 25.0 Å². The summed E-state index contributed by atoms with van der Waals surface area (Å²) in [5.74, 6) is 0.0632. The number of carbonyl (C=O) groups is 1. The normalized spacial score (nSPS) is 19.0. The van der Waals surface area contributed by atoms with Crippen molar-refractivity contribution in [2.24, 2.45) is 0 Å². The first-order chi connectivity index (χ1) is 11.4. The SMILES string of the molecule is COC1N(C(=O)Cc2cccc(C)c2)c2ccccc2SC1(C)C. The Hall–Kier alpha value is -1.78. The number of anilines is 1. The van der Waals surface area contributed by atoms with E-state index < -0.39 is 0 Å². The molecule has 1 atom stereocenters. The smallest absolute Gasteiger partial charge is 0.233 e. The molecule has 2 aromatic rings. The maximum absolute atomic E-state index is 13.1. The van der Waals surface area contributed by atoms with Crippen LogP contribution < -0.4 is 4.90 Å². The molecule has 0 N–H and O–H groups in total. The van der Waals surface area contributed by atoms with Gasteiger partial charge in [0, 0.05) is 12.0 Å². The van der Waals surface area contributed by atoms with Gasteiger partial charge >= 0.3 is 0 Å². The quantitative estimate of drug-likeness (QED) is 0.827. The van der Waals surface area contributed by atoms with Gasteiger partial charge in [0.1, 0.15) is 0 Å². The molecule has 3 nitrogen and oxygen atoms in total. The third-order valence-electron chi connectivity index (χ3n) is 4.26. The Labute approximate surface area is 148 Å². The van der Waals surface area contributed by atoms with Crippen LogP contribution in [0.5, 0.6) is 0 Å². The van der Waals surface area contributed by atoms with E-state index in [2.05, 4.69) is 26.0 Å². The molecule has 0 aliphatic carbocycles. The summed E-state index contributed by atoms with van der Waals surface area (Å²) in [6.07, 6.45) is 0.0751. The number of hydrogen-bond donors (Lipinski definition) is 0. The van der Waals surface area contributed by atoms with Gasteiger partial charge in [0.15, 0.2) is 6.23 Å². The average molecular weight is 341 g/mol. The molecule has 24 heavy (non-hydrogen) atoms. The number of amides is 1. The summed E-state index contributed by atoms with van der Waals surface area (Å²) >= 11 is 1.76. The number of carbonyl (C=O) groups excluding carboxylic acids is 1. The minimum absolute atomic E-state index is 0.0632. The van der Waals surface area contributed by atoms with Gasteiger partial charge in [-0.1, -0.05) is 42.0 Å². The van der Waals surface area contributed by atoms with Crippen molar-refractivity contribution in [2.75, 3.05) is 12.0 Å². The fourth-order valence-electron chi connectivity index (χ4n) is 3.25. The van der Waals surface area contributed by atoms with Gasteiger partial charge in [0.25, 0.3) is 0 Å². The molecule has 0 saturated carbocycles. The molecule has 1 aliphatic rings. The number of methoxy groups -OCH3 is 1. The van der Waals surface area contributed by atoms with Gasteiger partial charge in [-0.15, -0.1) is 11.8 Å². The third kappa shape index (κ3) is 3.21. The second kappa shape index (κ2) is 6.61. The number of benzene rings is 2. The average Bonchev–Trinajstić information content (AvgIpc) is 2.52. The van der Waals surface area contributed by atoms with Gasteiger partial charge in [-0.2, -0.15) is 0 Å². The first kappa shape index (κ1) is 17.1. The van der Waals surface area contributed by atoms with Crippen molar-refractivity contribution < 1.29 is 9.53 Å². The molecule has 1 amide bonds. The van der Waals surface area contributed by atoms with Crippen LogP contribution >= 0.6 is 11.8 Å². The number of para-hydroxylation sites is 1. The number of fused-ring (bicyclic) bond motifs is 1. The second-order valence-electron chi connectivity index (χ2n) is 6.69. The third-order valence-corrected chi connectivity index (χ3v) is 5.55. The van der Waals surface area contributed by atoms with Crippen molar-refractivity contribution in [3.8, 4) is 0 Å². The van der Waals surface area contributed by atoms with Crippen molar-refractivity contribution >= 4 is 23.4 Å². The Morgan fingerprint density at radius 2 is 1.96 bits per heavy atom. The molecule has 4 heteroatoms. The van der Waals surface area contributed by atoms with Crippen LogP contribution in [0.4, 0.5) is 5.69 Å². The second-order valence-corrected chi connectivity index (χ2v) is 8.39. The first-order valence-corrected chi connectivity index (χ1v) is 8.92. The lowest BCUT2D eigenvalue weighted by Crippen LogP contribution is -2.54. The minimum Gasteiger partial charge on any atom is -0.360 e. The zero-order chi connectivity index (χ0) is 17.3. The molecule has 126 valence electrons. The maximum Gasteiger partial charge on any atom is 0.233 e. The first-order valence-electron chi connectivity index (χ1n) is 8.11. The molecule has 1 unspecified atom stereocenters. The molecular formula is C20H23NO2S. The molecule has 1 heterocycles. The summed E-state index contributed by atoms with van der Waals surface area (Å²) in [5.41, 5.74) is 3.13. The molecule has 0 saturated heterocycles. The highest BCUT2D eigenvalue weighted by Crippen LogP contribution is 2.48. The minimum atomic E-state index is -0.297. The van der Waals surface area contributed by atoms with E-state index in [1.165, 1.54) is 5.56 Å². The van der Waals surface area contributed by atoms with Gasteiger partial charge in [0.2, 0.25) is 5.91 Å². The molecular weight excluding hydrogens is 318 g/mol.